The number of nitro benzene ring substituents is 1. The molecule has 10 heteroatoms. The van der Waals surface area contributed by atoms with Gasteiger partial charge in [-0.05, 0) is 30.3 Å². The highest BCUT2D eigenvalue weighted by atomic mass is 32.1. The molecule has 142 valence electrons. The first-order valence-corrected chi connectivity index (χ1v) is 8.92. The van der Waals surface area contributed by atoms with Crippen molar-refractivity contribution in [2.45, 2.75) is 0 Å². The predicted octanol–water partition coefficient (Wildman–Crippen LogP) is 3.71. The van der Waals surface area contributed by atoms with Gasteiger partial charge in [0.2, 0.25) is 6.79 Å². The Labute approximate surface area is 162 Å². The first-order valence-electron chi connectivity index (χ1n) is 8.04. The standard InChI is InChI=1S/C18H13N3O6S/c1-25-14-4-3-11(6-13(14)21(23)24)17(22)20-18-19-12(8-28-18)10-2-5-15-16(7-10)27-9-26-15/h2-8H,9H2,1H3,(H,19,20,22). The number of amides is 1. The monoisotopic (exact) mass is 399 g/mol. The van der Waals surface area contributed by atoms with Gasteiger partial charge in [-0.2, -0.15) is 0 Å². The van der Waals surface area contributed by atoms with Crippen molar-refractivity contribution in [3.63, 3.8) is 0 Å². The molecule has 2 aromatic carbocycles. The largest absolute Gasteiger partial charge is 0.490 e. The smallest absolute Gasteiger partial charge is 0.311 e. The fourth-order valence-corrected chi connectivity index (χ4v) is 3.38. The Kier molecular flexibility index (Phi) is 4.53. The minimum Gasteiger partial charge on any atom is -0.490 e. The van der Waals surface area contributed by atoms with Gasteiger partial charge in [-0.3, -0.25) is 20.2 Å². The highest BCUT2D eigenvalue weighted by Gasteiger charge is 2.19. The molecule has 0 aliphatic carbocycles. The number of carbonyl (C=O) groups excluding carboxylic acids is 1. The third-order valence-electron chi connectivity index (χ3n) is 4.03. The van der Waals surface area contributed by atoms with Crippen LogP contribution in [-0.2, 0) is 0 Å². The maximum absolute atomic E-state index is 12.4. The molecule has 1 aliphatic heterocycles. The van der Waals surface area contributed by atoms with Gasteiger partial charge in [0.15, 0.2) is 22.4 Å². The molecule has 0 bridgehead atoms. The minimum atomic E-state index is -0.600. The zero-order valence-electron chi connectivity index (χ0n) is 14.5. The minimum absolute atomic E-state index is 0.0842. The summed E-state index contributed by atoms with van der Waals surface area (Å²) in [5.74, 6) is 0.897. The van der Waals surface area contributed by atoms with Crippen LogP contribution in [0.2, 0.25) is 0 Å². The first-order chi connectivity index (χ1) is 13.5. The lowest BCUT2D eigenvalue weighted by Crippen LogP contribution is -2.12. The SMILES string of the molecule is COc1ccc(C(=O)Nc2nc(-c3ccc4c(c3)OCO4)cs2)cc1[N+](=O)[O-]. The molecule has 1 amide bonds. The van der Waals surface area contributed by atoms with Crippen LogP contribution >= 0.6 is 11.3 Å². The van der Waals surface area contributed by atoms with Gasteiger partial charge >= 0.3 is 5.69 Å². The van der Waals surface area contributed by atoms with E-state index in [9.17, 15) is 14.9 Å². The molecule has 2 heterocycles. The molecule has 4 rings (SSSR count). The Balaban J connectivity index is 1.53. The quantitative estimate of drug-likeness (QED) is 0.514. The van der Waals surface area contributed by atoms with Crippen molar-refractivity contribution in [2.24, 2.45) is 0 Å². The van der Waals surface area contributed by atoms with Gasteiger partial charge in [0.1, 0.15) is 0 Å². The summed E-state index contributed by atoms with van der Waals surface area (Å²) in [5, 5.41) is 15.9. The zero-order chi connectivity index (χ0) is 19.7. The number of fused-ring (bicyclic) bond motifs is 1. The Hall–Kier alpha value is -3.66. The van der Waals surface area contributed by atoms with Gasteiger partial charge in [0.25, 0.3) is 5.91 Å². The van der Waals surface area contributed by atoms with E-state index in [4.69, 9.17) is 14.2 Å². The van der Waals surface area contributed by atoms with Crippen LogP contribution in [0.3, 0.4) is 0 Å². The van der Waals surface area contributed by atoms with Crippen LogP contribution in [0, 0.1) is 10.1 Å². The van der Waals surface area contributed by atoms with E-state index in [1.54, 1.807) is 11.4 Å². The lowest BCUT2D eigenvalue weighted by molar-refractivity contribution is -0.385. The molecule has 1 aliphatic rings. The van der Waals surface area contributed by atoms with Crippen LogP contribution in [0.25, 0.3) is 11.3 Å². The van der Waals surface area contributed by atoms with Gasteiger partial charge < -0.3 is 14.2 Å². The summed E-state index contributed by atoms with van der Waals surface area (Å²) in [6.07, 6.45) is 0. The number of nitrogens with zero attached hydrogens (tertiary/aromatic N) is 2. The van der Waals surface area contributed by atoms with Gasteiger partial charge in [-0.15, -0.1) is 11.3 Å². The van der Waals surface area contributed by atoms with Crippen molar-refractivity contribution in [1.82, 2.24) is 4.98 Å². The van der Waals surface area contributed by atoms with Gasteiger partial charge in [-0.1, -0.05) is 0 Å². The van der Waals surface area contributed by atoms with Crippen molar-refractivity contribution < 1.29 is 23.9 Å². The van der Waals surface area contributed by atoms with Crippen molar-refractivity contribution in [1.29, 1.82) is 0 Å². The maximum Gasteiger partial charge on any atom is 0.311 e. The van der Waals surface area contributed by atoms with Crippen molar-refractivity contribution in [3.8, 4) is 28.5 Å². The van der Waals surface area contributed by atoms with E-state index >= 15 is 0 Å². The summed E-state index contributed by atoms with van der Waals surface area (Å²) in [5.41, 5.74) is 1.34. The van der Waals surface area contributed by atoms with Crippen LogP contribution in [0.15, 0.2) is 41.8 Å². The van der Waals surface area contributed by atoms with E-state index in [0.29, 0.717) is 22.3 Å². The predicted molar refractivity (Wildman–Crippen MR) is 101 cm³/mol. The average molecular weight is 399 g/mol. The number of hydrogen-bond donors (Lipinski definition) is 1. The van der Waals surface area contributed by atoms with Crippen LogP contribution in [0.5, 0.6) is 17.2 Å². The van der Waals surface area contributed by atoms with Crippen molar-refractivity contribution in [3.05, 3.63) is 57.5 Å². The Morgan fingerprint density at radius 2 is 2.07 bits per heavy atom. The van der Waals surface area contributed by atoms with E-state index in [2.05, 4.69) is 10.3 Å². The fraction of sp³-hybridized carbons (Fsp3) is 0.111. The van der Waals surface area contributed by atoms with Crippen LogP contribution < -0.4 is 19.5 Å². The second kappa shape index (κ2) is 7.16. The van der Waals surface area contributed by atoms with Crippen LogP contribution in [0.4, 0.5) is 10.8 Å². The summed E-state index contributed by atoms with van der Waals surface area (Å²) in [4.78, 5) is 27.4. The normalized spacial score (nSPS) is 11.9. The molecule has 0 saturated carbocycles. The summed E-state index contributed by atoms with van der Waals surface area (Å²) in [7, 11) is 1.33. The van der Waals surface area contributed by atoms with E-state index < -0.39 is 10.8 Å². The van der Waals surface area contributed by atoms with Gasteiger partial charge in [0, 0.05) is 22.6 Å². The summed E-state index contributed by atoms with van der Waals surface area (Å²) >= 11 is 1.25. The van der Waals surface area contributed by atoms with E-state index in [0.717, 1.165) is 5.56 Å². The number of nitro groups is 1. The van der Waals surface area contributed by atoms with Crippen LogP contribution in [-0.4, -0.2) is 29.7 Å². The Morgan fingerprint density at radius 1 is 1.25 bits per heavy atom. The molecular weight excluding hydrogens is 386 g/mol. The highest BCUT2D eigenvalue weighted by Crippen LogP contribution is 2.36. The van der Waals surface area contributed by atoms with Gasteiger partial charge in [-0.25, -0.2) is 4.98 Å². The molecule has 0 radical (unpaired) electrons. The second-order valence-corrected chi connectivity index (χ2v) is 6.56. The van der Waals surface area contributed by atoms with Crippen molar-refractivity contribution >= 4 is 28.1 Å². The highest BCUT2D eigenvalue weighted by molar-refractivity contribution is 7.14. The summed E-state index contributed by atoms with van der Waals surface area (Å²) in [6.45, 7) is 0.186. The second-order valence-electron chi connectivity index (χ2n) is 5.70. The Morgan fingerprint density at radius 3 is 2.86 bits per heavy atom. The third kappa shape index (κ3) is 3.32. The Bertz CT molecular complexity index is 1080. The molecular formula is C18H13N3O6S. The summed E-state index contributed by atoms with van der Waals surface area (Å²) < 4.78 is 15.6. The number of aromatic nitrogens is 1. The molecule has 0 spiro atoms. The first kappa shape index (κ1) is 17.7. The molecule has 0 unspecified atom stereocenters. The number of ether oxygens (including phenoxy) is 3. The number of hydrogen-bond acceptors (Lipinski definition) is 8. The third-order valence-corrected chi connectivity index (χ3v) is 4.79. The van der Waals surface area contributed by atoms with E-state index in [1.165, 1.54) is 36.6 Å². The molecule has 1 N–H and O–H groups in total. The molecule has 0 fully saturated rings. The molecule has 0 saturated heterocycles. The van der Waals surface area contributed by atoms with E-state index in [1.807, 2.05) is 12.1 Å². The topological polar surface area (TPSA) is 113 Å². The molecule has 1 aromatic heterocycles. The molecule has 9 nitrogen and oxygen atoms in total. The maximum atomic E-state index is 12.4. The number of thiazole rings is 1. The number of nitrogens with one attached hydrogen (secondary N) is 1. The number of rotatable bonds is 5. The molecule has 28 heavy (non-hydrogen) atoms. The number of methoxy groups -OCH3 is 1. The fourth-order valence-electron chi connectivity index (χ4n) is 2.66. The van der Waals surface area contributed by atoms with Gasteiger partial charge in [0.05, 0.1) is 17.7 Å². The number of benzene rings is 2. The zero-order valence-corrected chi connectivity index (χ0v) is 15.3. The average Bonchev–Trinajstić information content (AvgIpc) is 3.35. The number of anilines is 1. The molecule has 0 atom stereocenters. The lowest BCUT2D eigenvalue weighted by Gasteiger charge is -2.05. The van der Waals surface area contributed by atoms with Crippen LogP contribution in [0.1, 0.15) is 10.4 Å². The van der Waals surface area contributed by atoms with Crippen molar-refractivity contribution in [2.75, 3.05) is 19.2 Å². The summed E-state index contributed by atoms with van der Waals surface area (Å²) in [6, 6.07) is 9.46. The molecule has 3 aromatic rings. The lowest BCUT2D eigenvalue weighted by atomic mass is 10.1. The van der Waals surface area contributed by atoms with E-state index in [-0.39, 0.29) is 23.8 Å². The number of carbonyl (C=O) groups is 1.